The number of para-hydroxylation sites is 1. The standard InChI is InChI=1S/C51H34N4/c1-5-15-35(16-6-1)37-25-27-38(28-26-37)42-30-32-48(55-46-24-14-13-23-43(46)44-33-41(29-31-47(44)55)36-17-7-2-8-18-36)45(34-42)51-53-49(39-19-9-3-10-20-39)52-50(54-51)40-21-11-4-12-22-40/h1-34H/i2D,3D,7D,8D,9D,10D,13D,14D,17D,18D,19D,20D,23D,24D,29D,31D,33D. The van der Waals surface area contributed by atoms with E-state index in [0.29, 0.717) is 16.7 Å². The molecule has 0 unspecified atom stereocenters. The lowest BCUT2D eigenvalue weighted by molar-refractivity contribution is 1.06. The molecular weight excluding hydrogens is 669 g/mol. The highest BCUT2D eigenvalue weighted by molar-refractivity contribution is 6.11. The third-order valence-electron chi connectivity index (χ3n) is 9.10. The Hall–Kier alpha value is -7.43. The molecule has 2 aromatic heterocycles. The van der Waals surface area contributed by atoms with Gasteiger partial charge in [0, 0.05) is 27.5 Å². The van der Waals surface area contributed by atoms with Crippen molar-refractivity contribution < 1.29 is 23.3 Å². The largest absolute Gasteiger partial charge is 0.309 e. The van der Waals surface area contributed by atoms with Gasteiger partial charge >= 0.3 is 0 Å². The molecule has 4 nitrogen and oxygen atoms in total. The van der Waals surface area contributed by atoms with E-state index < -0.39 is 114 Å². The van der Waals surface area contributed by atoms with E-state index in [1.807, 2.05) is 54.6 Å². The van der Waals surface area contributed by atoms with Crippen molar-refractivity contribution in [1.29, 1.82) is 0 Å². The van der Waals surface area contributed by atoms with Crippen LogP contribution in [0.5, 0.6) is 0 Å². The van der Waals surface area contributed by atoms with Gasteiger partial charge in [-0.05, 0) is 63.6 Å². The van der Waals surface area contributed by atoms with Gasteiger partial charge in [-0.15, -0.1) is 0 Å². The van der Waals surface area contributed by atoms with Gasteiger partial charge in [0.05, 0.1) is 40.0 Å². The lowest BCUT2D eigenvalue weighted by Gasteiger charge is -2.16. The van der Waals surface area contributed by atoms with Gasteiger partial charge < -0.3 is 4.57 Å². The third kappa shape index (κ3) is 6.06. The van der Waals surface area contributed by atoms with Gasteiger partial charge in [0.2, 0.25) is 0 Å². The zero-order valence-corrected chi connectivity index (χ0v) is 28.6. The first kappa shape index (κ1) is 19.1. The van der Waals surface area contributed by atoms with E-state index in [4.69, 9.17) is 26.4 Å². The highest BCUT2D eigenvalue weighted by Crippen LogP contribution is 2.39. The molecule has 0 N–H and O–H groups in total. The van der Waals surface area contributed by atoms with Crippen LogP contribution < -0.4 is 0 Å². The van der Waals surface area contributed by atoms with Crippen LogP contribution in [0.3, 0.4) is 0 Å². The minimum absolute atomic E-state index is 0.0152. The summed E-state index contributed by atoms with van der Waals surface area (Å²) in [6.07, 6.45) is 0. The van der Waals surface area contributed by atoms with Crippen molar-refractivity contribution in [3.63, 3.8) is 0 Å². The summed E-state index contributed by atoms with van der Waals surface area (Å²) in [5, 5.41) is -0.554. The number of hydrogen-bond donors (Lipinski definition) is 0. The quantitative estimate of drug-likeness (QED) is 0.165. The first-order chi connectivity index (χ1) is 34.3. The van der Waals surface area contributed by atoms with Crippen molar-refractivity contribution in [1.82, 2.24) is 19.5 Å². The Morgan fingerprint density at radius 1 is 0.364 bits per heavy atom. The van der Waals surface area contributed by atoms with Gasteiger partial charge in [-0.25, -0.2) is 15.0 Å². The maximum absolute atomic E-state index is 9.71. The van der Waals surface area contributed by atoms with E-state index in [9.17, 15) is 6.85 Å². The zero-order valence-electron chi connectivity index (χ0n) is 45.6. The third-order valence-corrected chi connectivity index (χ3v) is 9.10. The van der Waals surface area contributed by atoms with E-state index in [-0.39, 0.29) is 56.1 Å². The number of benzene rings is 8. The Bertz CT molecular complexity index is 3880. The molecule has 0 atom stereocenters. The summed E-state index contributed by atoms with van der Waals surface area (Å²) in [4.78, 5) is 14.4. The lowest BCUT2D eigenvalue weighted by atomic mass is 9.98. The number of rotatable bonds is 7. The Balaban J connectivity index is 1.36. The van der Waals surface area contributed by atoms with Crippen LogP contribution in [0.25, 0.3) is 95.0 Å². The molecule has 0 amide bonds. The summed E-state index contributed by atoms with van der Waals surface area (Å²) in [5.74, 6) is -0.449. The van der Waals surface area contributed by atoms with E-state index in [1.165, 1.54) is 4.57 Å². The van der Waals surface area contributed by atoms with Gasteiger partial charge in [-0.2, -0.15) is 0 Å². The number of fused-ring (bicyclic) bond motifs is 3. The van der Waals surface area contributed by atoms with Crippen molar-refractivity contribution in [2.45, 2.75) is 0 Å². The van der Waals surface area contributed by atoms with E-state index in [1.54, 1.807) is 48.5 Å². The molecule has 0 saturated carbocycles. The average Bonchev–Trinajstić information content (AvgIpc) is 3.77. The second kappa shape index (κ2) is 13.8. The molecule has 55 heavy (non-hydrogen) atoms. The Morgan fingerprint density at radius 2 is 0.891 bits per heavy atom. The Kier molecular flexibility index (Phi) is 4.80. The summed E-state index contributed by atoms with van der Waals surface area (Å²) in [6, 6.07) is 19.4. The van der Waals surface area contributed by atoms with Crippen molar-refractivity contribution in [2.24, 2.45) is 0 Å². The molecule has 0 aliphatic heterocycles. The molecule has 4 heteroatoms. The Morgan fingerprint density at radius 3 is 1.60 bits per heavy atom. The Labute approximate surface area is 343 Å². The van der Waals surface area contributed by atoms with E-state index >= 15 is 0 Å². The highest BCUT2D eigenvalue weighted by atomic mass is 15.1. The summed E-state index contributed by atoms with van der Waals surface area (Å²) in [5.41, 5.74) is 1.82. The van der Waals surface area contributed by atoms with Crippen LogP contribution in [-0.4, -0.2) is 19.5 Å². The van der Waals surface area contributed by atoms with Crippen LogP contribution in [0.2, 0.25) is 0 Å². The highest BCUT2D eigenvalue weighted by Gasteiger charge is 2.21. The van der Waals surface area contributed by atoms with Crippen molar-refractivity contribution in [3.05, 3.63) is 206 Å². The van der Waals surface area contributed by atoms with E-state index in [0.717, 1.165) is 11.1 Å². The molecule has 0 aliphatic carbocycles. The van der Waals surface area contributed by atoms with Gasteiger partial charge in [0.25, 0.3) is 0 Å². The van der Waals surface area contributed by atoms with Crippen molar-refractivity contribution in [2.75, 3.05) is 0 Å². The zero-order chi connectivity index (χ0) is 51.3. The molecule has 258 valence electrons. The topological polar surface area (TPSA) is 43.6 Å². The molecule has 0 radical (unpaired) electrons. The molecule has 0 fully saturated rings. The second-order valence-electron chi connectivity index (χ2n) is 12.4. The minimum atomic E-state index is -0.754. The van der Waals surface area contributed by atoms with E-state index in [2.05, 4.69) is 4.98 Å². The van der Waals surface area contributed by atoms with Crippen LogP contribution in [0.15, 0.2) is 206 Å². The molecule has 0 aliphatic rings. The first-order valence-corrected chi connectivity index (χ1v) is 17.1. The van der Waals surface area contributed by atoms with Crippen molar-refractivity contribution >= 4 is 21.8 Å². The van der Waals surface area contributed by atoms with Gasteiger partial charge in [-0.1, -0.05) is 176 Å². The van der Waals surface area contributed by atoms with Gasteiger partial charge in [0.1, 0.15) is 0 Å². The number of aromatic nitrogens is 4. The van der Waals surface area contributed by atoms with Crippen LogP contribution in [0.1, 0.15) is 23.3 Å². The molecule has 2 heterocycles. The van der Waals surface area contributed by atoms with Crippen LogP contribution >= 0.6 is 0 Å². The molecular formula is C51H34N4. The molecule has 0 spiro atoms. The molecule has 10 aromatic rings. The fraction of sp³-hybridized carbons (Fsp3) is 0. The first-order valence-electron chi connectivity index (χ1n) is 25.6. The van der Waals surface area contributed by atoms with Crippen LogP contribution in [0.4, 0.5) is 0 Å². The molecule has 8 aromatic carbocycles. The normalized spacial score (nSPS) is 15.6. The summed E-state index contributed by atoms with van der Waals surface area (Å²) in [6.45, 7) is 0. The minimum Gasteiger partial charge on any atom is -0.309 e. The van der Waals surface area contributed by atoms with Crippen molar-refractivity contribution in [3.8, 4) is 73.2 Å². The summed E-state index contributed by atoms with van der Waals surface area (Å²) < 4.78 is 152. The molecule has 0 saturated heterocycles. The fourth-order valence-electron chi connectivity index (χ4n) is 6.52. The maximum atomic E-state index is 9.71. The van der Waals surface area contributed by atoms with Crippen LogP contribution in [0, 0.1) is 0 Å². The summed E-state index contributed by atoms with van der Waals surface area (Å²) >= 11 is 0. The lowest BCUT2D eigenvalue weighted by Crippen LogP contribution is -2.04. The smallest absolute Gasteiger partial charge is 0.166 e. The number of nitrogens with zero attached hydrogens (tertiary/aromatic N) is 4. The monoisotopic (exact) mass is 719 g/mol. The van der Waals surface area contributed by atoms with Crippen LogP contribution in [-0.2, 0) is 0 Å². The fourth-order valence-corrected chi connectivity index (χ4v) is 6.52. The molecule has 0 bridgehead atoms. The maximum Gasteiger partial charge on any atom is 0.166 e. The number of hydrogen-bond acceptors (Lipinski definition) is 3. The molecule has 10 rings (SSSR count). The predicted octanol–water partition coefficient (Wildman–Crippen LogP) is 13.0. The second-order valence-corrected chi connectivity index (χ2v) is 12.4. The summed E-state index contributed by atoms with van der Waals surface area (Å²) in [7, 11) is 0. The SMILES string of the molecule is [2H]c1c([2H])c([2H])c(-c2nc(-c3ccccc3)nc(-c3cc(-c4ccc(-c5ccccc5)cc4)ccc3-n3c4c([2H])c([2H])c([2H])c([2H])c4c4c([2H])c(-c5c([2H])c([2H])c([2H])c([2H])c5[2H])c([2H])c([2H])c43)n2)c([2H])c1[2H]. The predicted molar refractivity (Wildman–Crippen MR) is 227 cm³/mol. The van der Waals surface area contributed by atoms with Gasteiger partial charge in [-0.3, -0.25) is 0 Å². The average molecular weight is 720 g/mol. The van der Waals surface area contributed by atoms with Gasteiger partial charge in [0.15, 0.2) is 17.5 Å².